The average Bonchev–Trinajstić information content (AvgIpc) is 2.99. The van der Waals surface area contributed by atoms with Crippen LogP contribution in [-0.4, -0.2) is 59.0 Å². The molecule has 0 bridgehead atoms. The first-order valence-corrected chi connectivity index (χ1v) is 14.1. The monoisotopic (exact) mass is 565 g/mol. The fourth-order valence-electron chi connectivity index (χ4n) is 5.40. The van der Waals surface area contributed by atoms with Crippen LogP contribution in [0.3, 0.4) is 0 Å². The number of hydrogen-bond acceptors (Lipinski definition) is 7. The van der Waals surface area contributed by atoms with Crippen molar-refractivity contribution in [3.8, 4) is 11.8 Å². The lowest BCUT2D eigenvalue weighted by molar-refractivity contribution is -0.138. The molecule has 0 aliphatic carbocycles. The summed E-state index contributed by atoms with van der Waals surface area (Å²) in [6.07, 6.45) is 7.39. The molecule has 2 aliphatic heterocycles. The van der Waals surface area contributed by atoms with Crippen molar-refractivity contribution < 1.29 is 28.6 Å². The third-order valence-electron chi connectivity index (χ3n) is 7.76. The van der Waals surface area contributed by atoms with Gasteiger partial charge in [-0.2, -0.15) is 5.26 Å². The molecule has 2 amide bonds. The van der Waals surface area contributed by atoms with E-state index in [1.807, 2.05) is 0 Å². The Morgan fingerprint density at radius 3 is 2.76 bits per heavy atom. The zero-order valence-corrected chi connectivity index (χ0v) is 23.0. The van der Waals surface area contributed by atoms with Gasteiger partial charge in [0.2, 0.25) is 11.8 Å². The quantitative estimate of drug-likeness (QED) is 0.376. The van der Waals surface area contributed by atoms with Gasteiger partial charge in [0.25, 0.3) is 0 Å². The van der Waals surface area contributed by atoms with Gasteiger partial charge < -0.3 is 25.4 Å². The number of nitrogens with zero attached hydrogens (tertiary/aromatic N) is 3. The second-order valence-corrected chi connectivity index (χ2v) is 10.7. The molecule has 0 spiro atoms. The number of amides is 2. The van der Waals surface area contributed by atoms with Gasteiger partial charge in [-0.3, -0.25) is 19.4 Å². The Bertz CT molecular complexity index is 1280. The molecule has 218 valence electrons. The minimum atomic E-state index is -1.09. The first-order valence-electron chi connectivity index (χ1n) is 14.1. The number of benzene rings is 1. The zero-order chi connectivity index (χ0) is 29.2. The number of carbonyl (C=O) groups excluding carboxylic acids is 2. The number of carboxylic acid groups (broad SMARTS) is 1. The van der Waals surface area contributed by atoms with Crippen LogP contribution in [0.25, 0.3) is 0 Å². The molecule has 41 heavy (non-hydrogen) atoms. The van der Waals surface area contributed by atoms with Gasteiger partial charge >= 0.3 is 5.97 Å². The molecule has 3 heterocycles. The first-order chi connectivity index (χ1) is 19.8. The summed E-state index contributed by atoms with van der Waals surface area (Å²) in [5.74, 6) is -1.52. The van der Waals surface area contributed by atoms with Gasteiger partial charge in [0.15, 0.2) is 0 Å². The normalized spacial score (nSPS) is 18.2. The number of carboxylic acids is 1. The van der Waals surface area contributed by atoms with Crippen molar-refractivity contribution in [1.29, 1.82) is 5.26 Å². The molecule has 0 radical (unpaired) electrons. The number of likely N-dealkylation sites (tertiary alicyclic amines) is 1. The molecule has 4 rings (SSSR count). The molecule has 1 aromatic heterocycles. The summed E-state index contributed by atoms with van der Waals surface area (Å²) < 4.78 is 19.6. The van der Waals surface area contributed by atoms with E-state index in [0.717, 1.165) is 32.4 Å². The molecule has 2 unspecified atom stereocenters. The highest BCUT2D eigenvalue weighted by molar-refractivity contribution is 5.82. The van der Waals surface area contributed by atoms with Crippen LogP contribution in [-0.2, 0) is 21.0 Å². The molecule has 2 fully saturated rings. The number of aliphatic carboxylic acids is 1. The third kappa shape index (κ3) is 8.72. The SMILES string of the molecule is N#Cc1ccc(COc2cncc(C(CC(=O)O)NC(=O)C3CCCN(C(=O)CCC4CCNCC4)C3)c2)cc1F. The average molecular weight is 566 g/mol. The Morgan fingerprint density at radius 1 is 1.22 bits per heavy atom. The van der Waals surface area contributed by atoms with Crippen molar-refractivity contribution in [2.45, 2.75) is 57.6 Å². The highest BCUT2D eigenvalue weighted by Gasteiger charge is 2.31. The number of nitriles is 1. The van der Waals surface area contributed by atoms with Crippen molar-refractivity contribution in [3.63, 3.8) is 0 Å². The van der Waals surface area contributed by atoms with Crippen LogP contribution in [0.2, 0.25) is 0 Å². The molecule has 0 saturated carbocycles. The smallest absolute Gasteiger partial charge is 0.305 e. The highest BCUT2D eigenvalue weighted by atomic mass is 19.1. The van der Waals surface area contributed by atoms with Gasteiger partial charge in [0.05, 0.1) is 30.1 Å². The highest BCUT2D eigenvalue weighted by Crippen LogP contribution is 2.25. The second kappa shape index (κ2) is 14.6. The van der Waals surface area contributed by atoms with E-state index in [4.69, 9.17) is 10.00 Å². The lowest BCUT2D eigenvalue weighted by Crippen LogP contribution is -2.46. The molecule has 3 N–H and O–H groups in total. The summed E-state index contributed by atoms with van der Waals surface area (Å²) in [6, 6.07) is 6.68. The van der Waals surface area contributed by atoms with Gasteiger partial charge in [0, 0.05) is 25.7 Å². The molecular formula is C30H36FN5O5. The number of nitrogens with one attached hydrogen (secondary N) is 2. The van der Waals surface area contributed by atoms with E-state index < -0.39 is 23.7 Å². The van der Waals surface area contributed by atoms with E-state index in [-0.39, 0.29) is 30.4 Å². The van der Waals surface area contributed by atoms with Gasteiger partial charge in [-0.15, -0.1) is 0 Å². The van der Waals surface area contributed by atoms with Crippen LogP contribution in [0.15, 0.2) is 36.7 Å². The van der Waals surface area contributed by atoms with Crippen LogP contribution < -0.4 is 15.4 Å². The minimum Gasteiger partial charge on any atom is -0.487 e. The summed E-state index contributed by atoms with van der Waals surface area (Å²) in [6.45, 7) is 2.93. The van der Waals surface area contributed by atoms with Gasteiger partial charge in [-0.05, 0) is 80.4 Å². The number of rotatable bonds is 11. The van der Waals surface area contributed by atoms with E-state index >= 15 is 0 Å². The van der Waals surface area contributed by atoms with Crippen molar-refractivity contribution in [1.82, 2.24) is 20.5 Å². The number of halogens is 1. The topological polar surface area (TPSA) is 145 Å². The number of pyridine rings is 1. The molecule has 2 aromatic rings. The largest absolute Gasteiger partial charge is 0.487 e. The standard InChI is InChI=1S/C30H36FN5O5/c31-26-12-21(3-5-22(26)15-32)19-41-25-13-24(16-34-17-25)27(14-29(38)39)35-30(40)23-2-1-11-36(18-23)28(37)6-4-20-7-9-33-10-8-20/h3,5,12-13,16-17,20,23,27,33H,1-2,4,6-11,14,18-19H2,(H,35,40)(H,38,39). The second-order valence-electron chi connectivity index (χ2n) is 10.7. The number of hydrogen-bond donors (Lipinski definition) is 3. The number of ether oxygens (including phenoxy) is 1. The van der Waals surface area contributed by atoms with Crippen LogP contribution in [0.5, 0.6) is 5.75 Å². The van der Waals surface area contributed by atoms with Crippen LogP contribution in [0, 0.1) is 29.0 Å². The zero-order valence-electron chi connectivity index (χ0n) is 23.0. The molecule has 2 atom stereocenters. The van der Waals surface area contributed by atoms with E-state index in [1.165, 1.54) is 24.5 Å². The molecule has 2 aliphatic rings. The Morgan fingerprint density at radius 2 is 2.02 bits per heavy atom. The number of piperidine rings is 2. The van der Waals surface area contributed by atoms with E-state index in [9.17, 15) is 23.9 Å². The van der Waals surface area contributed by atoms with Gasteiger partial charge in [-0.25, -0.2) is 4.39 Å². The van der Waals surface area contributed by atoms with E-state index in [1.54, 1.807) is 23.1 Å². The van der Waals surface area contributed by atoms with Crippen molar-refractivity contribution in [2.24, 2.45) is 11.8 Å². The Hall–Kier alpha value is -4.04. The number of aromatic nitrogens is 1. The molecule has 11 heteroatoms. The molecule has 10 nitrogen and oxygen atoms in total. The van der Waals surface area contributed by atoms with Gasteiger partial charge in [-0.1, -0.05) is 6.07 Å². The van der Waals surface area contributed by atoms with Crippen LogP contribution in [0.4, 0.5) is 4.39 Å². The van der Waals surface area contributed by atoms with Crippen molar-refractivity contribution in [2.75, 3.05) is 26.2 Å². The lowest BCUT2D eigenvalue weighted by Gasteiger charge is -2.33. The summed E-state index contributed by atoms with van der Waals surface area (Å²) in [5, 5.41) is 24.6. The predicted octanol–water partition coefficient (Wildman–Crippen LogP) is 3.32. The first kappa shape index (κ1) is 29.9. The Labute approximate surface area is 238 Å². The predicted molar refractivity (Wildman–Crippen MR) is 147 cm³/mol. The van der Waals surface area contributed by atoms with Crippen LogP contribution >= 0.6 is 0 Å². The maximum atomic E-state index is 13.9. The summed E-state index contributed by atoms with van der Waals surface area (Å²) in [4.78, 5) is 43.7. The molecule has 2 saturated heterocycles. The summed E-state index contributed by atoms with van der Waals surface area (Å²) in [5.41, 5.74) is 0.900. The van der Waals surface area contributed by atoms with Crippen molar-refractivity contribution in [3.05, 3.63) is 59.2 Å². The third-order valence-corrected chi connectivity index (χ3v) is 7.76. The maximum Gasteiger partial charge on any atom is 0.305 e. The lowest BCUT2D eigenvalue weighted by atomic mass is 9.92. The Balaban J connectivity index is 1.35. The maximum absolute atomic E-state index is 13.9. The summed E-state index contributed by atoms with van der Waals surface area (Å²) in [7, 11) is 0. The Kier molecular flexibility index (Phi) is 10.6. The number of carbonyl (C=O) groups is 3. The molecule has 1 aromatic carbocycles. The van der Waals surface area contributed by atoms with E-state index in [0.29, 0.717) is 55.1 Å². The van der Waals surface area contributed by atoms with Crippen LogP contribution in [0.1, 0.15) is 67.7 Å². The minimum absolute atomic E-state index is 0.00723. The molecular weight excluding hydrogens is 529 g/mol. The summed E-state index contributed by atoms with van der Waals surface area (Å²) >= 11 is 0. The fraction of sp³-hybridized carbons (Fsp3) is 0.500. The van der Waals surface area contributed by atoms with E-state index in [2.05, 4.69) is 15.6 Å². The van der Waals surface area contributed by atoms with Gasteiger partial charge in [0.1, 0.15) is 24.2 Å². The fourth-order valence-corrected chi connectivity index (χ4v) is 5.40. The van der Waals surface area contributed by atoms with Crippen molar-refractivity contribution >= 4 is 17.8 Å².